The molecule has 0 saturated carbocycles. The molecule has 2 aliphatic heterocycles. The van der Waals surface area contributed by atoms with Gasteiger partial charge in [-0.3, -0.25) is 19.6 Å². The Labute approximate surface area is 836 Å². The number of amides is 2. The molecule has 21 nitrogen and oxygen atoms in total. The van der Waals surface area contributed by atoms with Gasteiger partial charge in [0.05, 0.1) is 63.6 Å². The lowest BCUT2D eigenvalue weighted by Gasteiger charge is -2.29. The highest BCUT2D eigenvalue weighted by molar-refractivity contribution is 9.10. The summed E-state index contributed by atoms with van der Waals surface area (Å²) in [6.45, 7) is 4.09. The number of nitrogens with zero attached hydrogens (tertiary/aromatic N) is 5. The molecule has 22 heteroatoms. The number of para-hydroxylation sites is 5. The summed E-state index contributed by atoms with van der Waals surface area (Å²) >= 11 is 3.62. The molecule has 30 rings (SSSR count). The van der Waals surface area contributed by atoms with E-state index in [1.807, 2.05) is 116 Å². The van der Waals surface area contributed by atoms with E-state index in [2.05, 4.69) is 317 Å². The van der Waals surface area contributed by atoms with E-state index >= 15 is 0 Å². The summed E-state index contributed by atoms with van der Waals surface area (Å²) in [7, 11) is 0. The molecule has 27 aromatic rings. The summed E-state index contributed by atoms with van der Waals surface area (Å²) in [6, 6.07) is 115. The van der Waals surface area contributed by atoms with E-state index in [1.54, 1.807) is 0 Å². The second-order valence-corrected chi connectivity index (χ2v) is 38.5. The highest BCUT2D eigenvalue weighted by atomic mass is 79.9. The maximum Gasteiger partial charge on any atom is 0.238 e. The number of benzene rings is 19. The number of aromatic amines is 8. The second-order valence-electron chi connectivity index (χ2n) is 37.5. The molecule has 0 saturated heterocycles. The van der Waals surface area contributed by atoms with E-state index in [0.717, 1.165) is 194 Å². The van der Waals surface area contributed by atoms with Crippen LogP contribution in [0.2, 0.25) is 0 Å². The molecule has 19 aromatic carbocycles. The number of hydrogen-bond donors (Lipinski definition) is 14. The zero-order chi connectivity index (χ0) is 97.5. The van der Waals surface area contributed by atoms with Crippen molar-refractivity contribution in [2.45, 2.75) is 38.6 Å². The summed E-state index contributed by atoms with van der Waals surface area (Å²) in [5, 5.41) is 29.9. The molecular formula is C123H92BrN19O2. The summed E-state index contributed by atoms with van der Waals surface area (Å²) < 4.78 is 1.06. The number of rotatable bonds is 9. The van der Waals surface area contributed by atoms with Crippen molar-refractivity contribution in [3.05, 3.63) is 396 Å². The van der Waals surface area contributed by atoms with Gasteiger partial charge in [-0.15, -0.1) is 0 Å². The van der Waals surface area contributed by atoms with E-state index in [-0.39, 0.29) is 30.9 Å². The average molecular weight is 1950 g/mol. The van der Waals surface area contributed by atoms with E-state index < -0.39 is 0 Å². The monoisotopic (exact) mass is 1950 g/mol. The topological polar surface area (TPSA) is 352 Å². The lowest BCUT2D eigenvalue weighted by molar-refractivity contribution is -0.115. The number of nitrogen functional groups attached to an aromatic ring is 2. The Kier molecular flexibility index (Phi) is 21.1. The molecule has 0 bridgehead atoms. The van der Waals surface area contributed by atoms with Crippen LogP contribution < -0.4 is 33.6 Å². The minimum atomic E-state index is -0.224. The molecule has 10 heterocycles. The van der Waals surface area contributed by atoms with Gasteiger partial charge in [-0.05, 0) is 188 Å². The molecule has 2 atom stereocenters. The number of carbonyl (C=O) groups is 2. The predicted octanol–water partition coefficient (Wildman–Crippen LogP) is 28.4. The third-order valence-electron chi connectivity index (χ3n) is 29.1. The number of halogens is 1. The molecule has 1 aliphatic carbocycles. The summed E-state index contributed by atoms with van der Waals surface area (Å²) in [6.07, 6.45) is 7.92. The van der Waals surface area contributed by atoms with Crippen molar-refractivity contribution in [3.63, 3.8) is 0 Å². The molecule has 2 unspecified atom stereocenters. The standard InChI is InChI=1S/C26H21N5O.C25H19N5O.C25H19N3.C24H19N3.C23H14BrN3/c1-14-23(19-8-4-5-9-21(19)28-14)26-30-24-18-7-3-2-6-16(18)17-11-10-15(29-22(32)13-27)12-20(17)25(24)31-26;26-12-22(31)28-14-9-10-16-15-5-1-2-7-18(15)23-24(19(16)11-14)30-25(29-23)20-13-27-21-8-4-3-6-17(20)21;1-14-24(19-8-4-5-9-22(19)27-14)23-13-21-17-11-10-15(26)12-20(17)16-6-2-3-7-18(16)25(21)28-23;25-14-9-10-16-19(11-14)15-5-1-2-7-18(15)24-20(16)12-23(27-24)21-13-26-22-8-4-3-6-17(21)22;24-13-9-10-15-14-5-1-2-7-17(14)21-22(18(15)11-13)27-23(26-21)19-12-25-20-8-4-3-6-16(19)20/h2-12,28H,13,27H2,1H3,(H,29,32)(H,30,31);1-11,13,27H,12,26H2,(H,28,31)(H,29,30);2-12,27H,13,26H2,1H3;1-11,13,20,24,26H,12,25H2;1-12,25H,(H,26,27). The molecule has 145 heavy (non-hydrogen) atoms. The van der Waals surface area contributed by atoms with Gasteiger partial charge >= 0.3 is 0 Å². The quantitative estimate of drug-likeness (QED) is 0.0482. The van der Waals surface area contributed by atoms with Crippen LogP contribution in [0.1, 0.15) is 57.6 Å². The lowest BCUT2D eigenvalue weighted by Crippen LogP contribution is -2.21. The SMILES string of the molecule is Brc1ccc2c3ccccc3c3[nH]c(-c4c[nH]c5ccccc45)nc3c2c1.Cc1[nH]c2ccccc2c1-c1nc2c3cc(NC(=O)CN)ccc3c3ccccc3c2[nH]1.Cc1[nH]c2ccccc2c1C1=Nc2c(c3ccc(N)cc3c3ccccc23)C1.NCC(=O)Nc1ccc2c3ccccc3c3[nH]c(-c4c[nH]c5ccccc45)nc3c2c1.Nc1ccc2c(c1)-c1ccccc1C1N=C(c3c[nH]c4ccccc34)CC21. The van der Waals surface area contributed by atoms with Crippen molar-refractivity contribution in [2.75, 3.05) is 35.2 Å². The molecule has 3 aliphatic rings. The number of H-pyrrole nitrogens is 8. The number of fused-ring (bicyclic) bond motifs is 35. The van der Waals surface area contributed by atoms with Crippen molar-refractivity contribution >= 4 is 241 Å². The summed E-state index contributed by atoms with van der Waals surface area (Å²) in [4.78, 5) is 77.0. The largest absolute Gasteiger partial charge is 0.399 e. The Morgan fingerprint density at radius 3 is 1.28 bits per heavy atom. The second kappa shape index (κ2) is 35.2. The van der Waals surface area contributed by atoms with E-state index in [4.69, 9.17) is 47.9 Å². The molecule has 698 valence electrons. The fourth-order valence-corrected chi connectivity index (χ4v) is 22.9. The van der Waals surface area contributed by atoms with Gasteiger partial charge in [0.2, 0.25) is 11.8 Å². The lowest BCUT2D eigenvalue weighted by atomic mass is 9.75. The smallest absolute Gasteiger partial charge is 0.238 e. The Morgan fingerprint density at radius 2 is 0.738 bits per heavy atom. The van der Waals surface area contributed by atoms with E-state index in [1.165, 1.54) is 110 Å². The minimum absolute atomic E-state index is 0.0573. The predicted molar refractivity (Wildman–Crippen MR) is 603 cm³/mol. The third-order valence-corrected chi connectivity index (χ3v) is 29.5. The van der Waals surface area contributed by atoms with Gasteiger partial charge in [-0.25, -0.2) is 15.0 Å². The van der Waals surface area contributed by atoms with Gasteiger partial charge in [0, 0.05) is 195 Å². The van der Waals surface area contributed by atoms with Crippen molar-refractivity contribution in [2.24, 2.45) is 21.5 Å². The van der Waals surface area contributed by atoms with Gasteiger partial charge in [0.15, 0.2) is 0 Å². The number of carbonyl (C=O) groups excluding carboxylic acids is 2. The van der Waals surface area contributed by atoms with Crippen LogP contribution in [0.4, 0.5) is 28.4 Å². The molecule has 0 spiro atoms. The Morgan fingerprint density at radius 1 is 0.338 bits per heavy atom. The number of aryl methyl sites for hydroxylation is 2. The van der Waals surface area contributed by atoms with Crippen LogP contribution in [0.3, 0.4) is 0 Å². The summed E-state index contributed by atoms with van der Waals surface area (Å²) in [5.41, 5.74) is 55.4. The van der Waals surface area contributed by atoms with Gasteiger partial charge in [0.1, 0.15) is 17.5 Å². The van der Waals surface area contributed by atoms with Crippen LogP contribution in [0.15, 0.2) is 367 Å². The van der Waals surface area contributed by atoms with Gasteiger partial charge in [-0.2, -0.15) is 0 Å². The Hall–Kier alpha value is -18.4. The number of aromatic nitrogens is 11. The average Bonchev–Trinajstić information content (AvgIpc) is 1.64. The molecule has 8 aromatic heterocycles. The van der Waals surface area contributed by atoms with Gasteiger partial charge in [0.25, 0.3) is 0 Å². The first-order valence-electron chi connectivity index (χ1n) is 48.5. The number of nitrogens with one attached hydrogen (secondary N) is 10. The molecule has 18 N–H and O–H groups in total. The fourth-order valence-electron chi connectivity index (χ4n) is 22.6. The van der Waals surface area contributed by atoms with Crippen molar-refractivity contribution < 1.29 is 9.59 Å². The van der Waals surface area contributed by atoms with Gasteiger partial charge < -0.3 is 73.4 Å². The first-order chi connectivity index (χ1) is 71.1. The number of hydrogen-bond acceptors (Lipinski definition) is 11. The van der Waals surface area contributed by atoms with Crippen molar-refractivity contribution in [1.82, 2.24) is 54.8 Å². The van der Waals surface area contributed by atoms with Crippen LogP contribution >= 0.6 is 15.9 Å². The van der Waals surface area contributed by atoms with Crippen molar-refractivity contribution in [1.29, 1.82) is 0 Å². The maximum atomic E-state index is 11.9. The fraction of sp³-hybridized carbons (Fsp3) is 0.0650. The van der Waals surface area contributed by atoms with E-state index in [0.29, 0.717) is 17.3 Å². The van der Waals surface area contributed by atoms with Crippen molar-refractivity contribution in [3.8, 4) is 45.3 Å². The number of anilines is 4. The zero-order valence-electron chi connectivity index (χ0n) is 78.7. The van der Waals surface area contributed by atoms with E-state index in [9.17, 15) is 9.59 Å². The number of nitrogens with two attached hydrogens (primary N) is 4. The van der Waals surface area contributed by atoms with Crippen LogP contribution in [0.5, 0.6) is 0 Å². The van der Waals surface area contributed by atoms with Gasteiger partial charge in [-0.1, -0.05) is 259 Å². The highest BCUT2D eigenvalue weighted by Gasteiger charge is 2.40. The highest BCUT2D eigenvalue weighted by Crippen LogP contribution is 2.54. The molecule has 0 radical (unpaired) electrons. The molecule has 0 fully saturated rings. The molecule has 2 amide bonds. The first-order valence-corrected chi connectivity index (χ1v) is 49.3. The van der Waals surface area contributed by atoms with Crippen LogP contribution in [0, 0.1) is 13.8 Å². The Bertz CT molecular complexity index is 10100. The summed E-state index contributed by atoms with van der Waals surface area (Å²) in [5.74, 6) is 2.45. The Balaban J connectivity index is 0.0000000924. The number of imidazole rings is 3. The zero-order valence-corrected chi connectivity index (χ0v) is 80.3. The normalized spacial score (nSPS) is 13.6. The maximum absolute atomic E-state index is 11.9. The molecular weight excluding hydrogens is 1860 g/mol. The first kappa shape index (κ1) is 86.9. The van der Waals surface area contributed by atoms with Crippen LogP contribution in [-0.2, 0) is 16.0 Å². The minimum Gasteiger partial charge on any atom is -0.399 e. The third kappa shape index (κ3) is 14.9. The van der Waals surface area contributed by atoms with Crippen LogP contribution in [-0.4, -0.2) is 91.2 Å². The number of aliphatic imine (C=N–C) groups is 2. The van der Waals surface area contributed by atoms with Crippen LogP contribution in [0.25, 0.3) is 219 Å².